The van der Waals surface area contributed by atoms with Crippen molar-refractivity contribution in [1.82, 2.24) is 30.2 Å². The molecule has 2 fully saturated rings. The highest BCUT2D eigenvalue weighted by molar-refractivity contribution is 8.23. The number of nitrogens with zero attached hydrogens (tertiary/aromatic N) is 6. The van der Waals surface area contributed by atoms with E-state index >= 15 is 0 Å². The van der Waals surface area contributed by atoms with E-state index in [1.54, 1.807) is 27.8 Å². The van der Waals surface area contributed by atoms with Crippen molar-refractivity contribution >= 4 is 110 Å². The van der Waals surface area contributed by atoms with Crippen LogP contribution in [0.25, 0.3) is 0 Å². The lowest BCUT2D eigenvalue weighted by Gasteiger charge is -2.28. The largest absolute Gasteiger partial charge is 0.617 e. The van der Waals surface area contributed by atoms with Crippen molar-refractivity contribution in [3.05, 3.63) is 57.2 Å². The Morgan fingerprint density at radius 3 is 1.57 bits per heavy atom. The monoisotopic (exact) mass is 940 g/mol. The summed E-state index contributed by atoms with van der Waals surface area (Å²) in [4.78, 5) is 72.5. The summed E-state index contributed by atoms with van der Waals surface area (Å²) >= 11 is 15.9. The third-order valence-corrected chi connectivity index (χ3v) is 14.2. The molecule has 0 unspecified atom stereocenters. The number of hydrogen-bond donors (Lipinski definition) is 2. The zero-order valence-corrected chi connectivity index (χ0v) is 39.5. The van der Waals surface area contributed by atoms with Gasteiger partial charge in [0.25, 0.3) is 33.3 Å². The molecule has 4 heterocycles. The van der Waals surface area contributed by atoms with E-state index in [1.807, 2.05) is 18.7 Å². The Hall–Kier alpha value is -3.41. The summed E-state index contributed by atoms with van der Waals surface area (Å²) in [5, 5.41) is 33.0. The molecule has 328 valence electrons. The molecule has 2 N–H and O–H groups in total. The summed E-state index contributed by atoms with van der Waals surface area (Å²) in [7, 11) is 1.60. The lowest BCUT2D eigenvalue weighted by atomic mass is 10.2. The third kappa shape index (κ3) is 13.3. The summed E-state index contributed by atoms with van der Waals surface area (Å²) in [5.41, 5.74) is -0.688. The summed E-state index contributed by atoms with van der Waals surface area (Å²) in [6, 6.07) is 5.64. The van der Waals surface area contributed by atoms with Gasteiger partial charge in [-0.25, -0.2) is 4.79 Å². The van der Waals surface area contributed by atoms with E-state index < -0.39 is 23.5 Å². The number of ether oxygens (including phenoxy) is 1. The average Bonchev–Trinajstić information content (AvgIpc) is 3.84. The Morgan fingerprint density at radius 1 is 0.767 bits per heavy atom. The molecule has 2 aliphatic heterocycles. The predicted molar refractivity (Wildman–Crippen MR) is 245 cm³/mol. The molecule has 16 nitrogen and oxygen atoms in total. The number of carbonyl (C=O) groups excluding carboxylic acids is 5. The second kappa shape index (κ2) is 23.2. The van der Waals surface area contributed by atoms with Crippen LogP contribution in [0.4, 0.5) is 4.79 Å². The number of aromatic nitrogens is 2. The van der Waals surface area contributed by atoms with Gasteiger partial charge in [-0.15, -0.1) is 0 Å². The van der Waals surface area contributed by atoms with Gasteiger partial charge in [-0.2, -0.15) is 9.46 Å². The van der Waals surface area contributed by atoms with E-state index in [4.69, 9.17) is 29.2 Å². The highest BCUT2D eigenvalue weighted by atomic mass is 32.2. The fraction of sp³-hybridized carbons (Fsp3) is 0.553. The molecule has 2 aromatic heterocycles. The fourth-order valence-corrected chi connectivity index (χ4v) is 9.97. The van der Waals surface area contributed by atoms with Crippen LogP contribution in [0.2, 0.25) is 0 Å². The molecule has 2 aliphatic rings. The molecule has 2 saturated heterocycles. The SMILES string of the molecule is CCCSc1c(C(=O)N2CCSC2=S)ccc(C(=O)NCCN(CCNC(=O)c2ccc(C(=O)N3CCSC3=S)c(SCCC)[n+]2[O-])CCN(C)C(=O)OC(C)(C)C)[n+]1[O-]. The molecular weight excluding hydrogens is 889 g/mol. The quantitative estimate of drug-likeness (QED) is 0.0882. The van der Waals surface area contributed by atoms with Crippen LogP contribution in [0.5, 0.6) is 0 Å². The predicted octanol–water partition coefficient (Wildman–Crippen LogP) is 4.23. The minimum Gasteiger partial charge on any atom is -0.617 e. The maximum absolute atomic E-state index is 13.6. The molecule has 2 aromatic rings. The summed E-state index contributed by atoms with van der Waals surface area (Å²) < 4.78 is 7.37. The van der Waals surface area contributed by atoms with Crippen LogP contribution in [-0.2, 0) is 4.74 Å². The number of hydrogen-bond acceptors (Lipinski definition) is 15. The van der Waals surface area contributed by atoms with Crippen LogP contribution in [0.1, 0.15) is 89.2 Å². The molecule has 0 bridgehead atoms. The molecule has 0 aromatic carbocycles. The third-order valence-electron chi connectivity index (χ3n) is 8.79. The van der Waals surface area contributed by atoms with E-state index in [9.17, 15) is 34.4 Å². The van der Waals surface area contributed by atoms with E-state index in [1.165, 1.54) is 86.0 Å². The first kappa shape index (κ1) is 49.2. The number of thioether (sulfide) groups is 4. The van der Waals surface area contributed by atoms with Gasteiger partial charge in [0.15, 0.2) is 0 Å². The first-order valence-corrected chi connectivity index (χ1v) is 24.2. The van der Waals surface area contributed by atoms with Gasteiger partial charge in [0, 0.05) is 94.5 Å². The number of rotatable bonds is 19. The topological polar surface area (TPSA) is 185 Å². The van der Waals surface area contributed by atoms with Crippen LogP contribution >= 0.6 is 71.5 Å². The second-order valence-electron chi connectivity index (χ2n) is 14.6. The van der Waals surface area contributed by atoms with Crippen LogP contribution in [0, 0.1) is 10.4 Å². The first-order chi connectivity index (χ1) is 28.5. The van der Waals surface area contributed by atoms with Crippen molar-refractivity contribution in [2.75, 3.05) is 82.4 Å². The number of carbonyl (C=O) groups is 5. The van der Waals surface area contributed by atoms with Gasteiger partial charge in [-0.05, 0) is 45.7 Å². The number of nitrogens with one attached hydrogen (secondary N) is 2. The fourth-order valence-electron chi connectivity index (χ4n) is 5.71. The standard InChI is InChI=1S/C38H52N8O8S6/c1-7-21-57-33-25(31(49)43-19-23-59-36(43)55)9-11-27(45(33)52)29(47)39-13-15-42(18-17-41(6)35(51)54-38(3,4)5)16-14-40-30(48)28-12-10-26(34(46(28)53)58-22-8-2)32(50)44-20-24-60-37(44)56/h9-12H,7-8,13-24H2,1-6H3,(H,39,47)(H,40,48). The normalized spacial score (nSPS) is 14.2. The van der Waals surface area contributed by atoms with Gasteiger partial charge < -0.3 is 30.7 Å². The van der Waals surface area contributed by atoms with Crippen LogP contribution < -0.4 is 20.1 Å². The summed E-state index contributed by atoms with van der Waals surface area (Å²) in [6.07, 6.45) is 0.962. The smallest absolute Gasteiger partial charge is 0.410 e. The highest BCUT2D eigenvalue weighted by Gasteiger charge is 2.34. The van der Waals surface area contributed by atoms with Gasteiger partial charge in [0.05, 0.1) is 0 Å². The van der Waals surface area contributed by atoms with Gasteiger partial charge in [0.2, 0.25) is 0 Å². The van der Waals surface area contributed by atoms with Crippen LogP contribution in [-0.4, -0.2) is 146 Å². The minimum atomic E-state index is -0.697. The Kier molecular flexibility index (Phi) is 19.0. The molecule has 5 amide bonds. The number of amides is 5. The Balaban J connectivity index is 1.46. The minimum absolute atomic E-state index is 0.0906. The number of pyridine rings is 2. The Labute approximate surface area is 378 Å². The molecular formula is C38H52N8O8S6. The molecule has 0 radical (unpaired) electrons. The van der Waals surface area contributed by atoms with E-state index in [0.717, 1.165) is 12.8 Å². The van der Waals surface area contributed by atoms with Crippen molar-refractivity contribution < 1.29 is 38.2 Å². The summed E-state index contributed by atoms with van der Waals surface area (Å²) in [5.74, 6) is 0.417. The van der Waals surface area contributed by atoms with Crippen molar-refractivity contribution in [2.24, 2.45) is 0 Å². The maximum atomic E-state index is 13.6. The zero-order chi connectivity index (χ0) is 44.1. The van der Waals surface area contributed by atoms with Crippen LogP contribution in [0.15, 0.2) is 34.3 Å². The maximum Gasteiger partial charge on any atom is 0.410 e. The molecule has 4 rings (SSSR count). The molecule has 0 atom stereocenters. The van der Waals surface area contributed by atoms with Crippen molar-refractivity contribution in [3.63, 3.8) is 0 Å². The molecule has 0 spiro atoms. The second-order valence-corrected chi connectivity index (χ2v) is 20.2. The van der Waals surface area contributed by atoms with E-state index in [0.29, 0.717) is 60.7 Å². The highest BCUT2D eigenvalue weighted by Crippen LogP contribution is 2.27. The lowest BCUT2D eigenvalue weighted by molar-refractivity contribution is -0.647. The lowest BCUT2D eigenvalue weighted by Crippen LogP contribution is -2.47. The van der Waals surface area contributed by atoms with Crippen molar-refractivity contribution in [2.45, 2.75) is 63.1 Å². The van der Waals surface area contributed by atoms with Crippen molar-refractivity contribution in [1.29, 1.82) is 0 Å². The zero-order valence-electron chi connectivity index (χ0n) is 34.6. The molecule has 0 aliphatic carbocycles. The molecule has 60 heavy (non-hydrogen) atoms. The van der Waals surface area contributed by atoms with E-state index in [-0.39, 0.29) is 77.1 Å². The average molecular weight is 941 g/mol. The summed E-state index contributed by atoms with van der Waals surface area (Å²) in [6.45, 7) is 11.4. The first-order valence-electron chi connectivity index (χ1n) is 19.5. The van der Waals surface area contributed by atoms with Gasteiger partial charge in [-0.1, -0.05) is 85.3 Å². The molecule has 0 saturated carbocycles. The Morgan fingerprint density at radius 2 is 1.20 bits per heavy atom. The molecule has 22 heteroatoms. The van der Waals surface area contributed by atoms with Gasteiger partial charge in [-0.3, -0.25) is 33.9 Å². The van der Waals surface area contributed by atoms with Gasteiger partial charge >= 0.3 is 17.9 Å². The van der Waals surface area contributed by atoms with E-state index in [2.05, 4.69) is 10.6 Å². The Bertz CT molecular complexity index is 1830. The van der Waals surface area contributed by atoms with Crippen LogP contribution in [0.3, 0.4) is 0 Å². The van der Waals surface area contributed by atoms with Gasteiger partial charge in [0.1, 0.15) is 25.4 Å². The number of likely N-dealkylation sites (N-methyl/N-ethyl adjacent to an activating group) is 1. The van der Waals surface area contributed by atoms with Crippen molar-refractivity contribution in [3.8, 4) is 0 Å². The number of thiocarbonyl (C=S) groups is 2.